The topological polar surface area (TPSA) is 73.3 Å². The molecule has 0 N–H and O–H groups in total. The molecule has 2 aliphatic heterocycles. The molecule has 0 saturated carbocycles. The summed E-state index contributed by atoms with van der Waals surface area (Å²) in [6.45, 7) is 34.6. The Bertz CT molecular complexity index is 9250. The van der Waals surface area contributed by atoms with Gasteiger partial charge < -0.3 is 23.2 Å². The van der Waals surface area contributed by atoms with Crippen molar-refractivity contribution in [3.05, 3.63) is 410 Å². The largest absolute Gasteiger partial charge is 0.456 e. The number of rotatable bonds is 11. The number of hydrogen-bond donors (Lipinski definition) is 0. The highest BCUT2D eigenvalue weighted by Crippen LogP contribution is 2.54. The van der Waals surface area contributed by atoms with Gasteiger partial charge in [0.05, 0.1) is 55.9 Å². The van der Waals surface area contributed by atoms with E-state index in [1.807, 2.05) is 0 Å². The van der Waals surface area contributed by atoms with Crippen LogP contribution in [0.4, 0.5) is 34.1 Å². The summed E-state index contributed by atoms with van der Waals surface area (Å²) in [4.78, 5) is 17.6. The molecule has 0 atom stereocenters. The van der Waals surface area contributed by atoms with E-state index >= 15 is 0 Å². The van der Waals surface area contributed by atoms with E-state index in [1.54, 1.807) is 0 Å². The molecule has 9 nitrogen and oxygen atoms in total. The third-order valence-corrected chi connectivity index (χ3v) is 30.4. The van der Waals surface area contributed by atoms with Crippen LogP contribution in [0.15, 0.2) is 391 Å². The fourth-order valence-corrected chi connectivity index (χ4v) is 22.9. The van der Waals surface area contributed by atoms with E-state index in [-0.39, 0.29) is 27.1 Å². The molecule has 0 bridgehead atoms. The van der Waals surface area contributed by atoms with Crippen molar-refractivity contribution in [3.63, 3.8) is 0 Å². The summed E-state index contributed by atoms with van der Waals surface area (Å²) in [5.74, 6) is 1.61. The third-order valence-electron chi connectivity index (χ3n) is 30.4. The molecule has 0 amide bonds. The number of nitrogens with zero attached hydrogens (tertiary/aromatic N) is 7. The number of pyridine rings is 2. The normalized spacial score (nSPS) is 13.1. The minimum absolute atomic E-state index is 0.148. The number of hydrogen-bond acceptors (Lipinski definition) is 6. The fourth-order valence-electron chi connectivity index (χ4n) is 22.9. The van der Waals surface area contributed by atoms with E-state index in [2.05, 4.69) is 510 Å². The second kappa shape index (κ2) is 31.6. The molecule has 0 saturated heterocycles. The Morgan fingerprint density at radius 3 is 1.12 bits per heavy atom. The molecule has 26 rings (SSSR count). The molecule has 10 heteroatoms. The fraction of sp³-hybridized carbons (Fsp3) is 0.152. The maximum atomic E-state index is 6.86. The van der Waals surface area contributed by atoms with Gasteiger partial charge in [-0.15, -0.1) is 0 Å². The van der Waals surface area contributed by atoms with Gasteiger partial charge in [0.2, 0.25) is 0 Å². The van der Waals surface area contributed by atoms with Crippen molar-refractivity contribution >= 4 is 167 Å². The second-order valence-corrected chi connectivity index (χ2v) is 44.5. The van der Waals surface area contributed by atoms with Crippen LogP contribution in [0.3, 0.4) is 0 Å². The van der Waals surface area contributed by atoms with Crippen molar-refractivity contribution in [1.29, 1.82) is 0 Å². The van der Waals surface area contributed by atoms with Crippen molar-refractivity contribution < 1.29 is 8.83 Å². The lowest BCUT2D eigenvalue weighted by atomic mass is 9.33. The van der Waals surface area contributed by atoms with Crippen molar-refractivity contribution in [2.24, 2.45) is 0 Å². The molecule has 17 aromatic carbocycles. The Morgan fingerprint density at radius 2 is 0.627 bits per heavy atom. The summed E-state index contributed by atoms with van der Waals surface area (Å²) in [6.07, 6.45) is 0. The molecule has 7 aromatic heterocycles. The van der Waals surface area contributed by atoms with Gasteiger partial charge in [-0.25, -0.2) is 9.97 Å². The minimum Gasteiger partial charge on any atom is -0.456 e. The molecule has 142 heavy (non-hydrogen) atoms. The molecule has 0 aliphatic carbocycles. The molecule has 0 spiro atoms. The highest BCUT2D eigenvalue weighted by Gasteiger charge is 2.46. The van der Waals surface area contributed by atoms with Crippen LogP contribution in [-0.4, -0.2) is 30.4 Å². The van der Waals surface area contributed by atoms with Crippen LogP contribution in [0.1, 0.15) is 132 Å². The zero-order chi connectivity index (χ0) is 96.6. The zero-order valence-corrected chi connectivity index (χ0v) is 82.9. The van der Waals surface area contributed by atoms with Crippen molar-refractivity contribution in [1.82, 2.24) is 23.7 Å². The lowest BCUT2D eigenvalue weighted by Gasteiger charge is -2.45. The number of benzene rings is 17. The van der Waals surface area contributed by atoms with Gasteiger partial charge in [0.15, 0.2) is 0 Å². The van der Waals surface area contributed by atoms with Crippen LogP contribution in [-0.2, 0) is 27.1 Å². The lowest BCUT2D eigenvalue weighted by Crippen LogP contribution is -2.61. The first-order valence-corrected chi connectivity index (χ1v) is 50.0. The van der Waals surface area contributed by atoms with E-state index in [0.717, 1.165) is 228 Å². The maximum absolute atomic E-state index is 6.86. The number of anilines is 6. The summed E-state index contributed by atoms with van der Waals surface area (Å²) in [5.41, 5.74) is 38.4. The van der Waals surface area contributed by atoms with Crippen LogP contribution in [0, 0.1) is 0 Å². The standard InChI is InChI=1S/C132H108BN7O2/c1-128(2,3)88-50-54-95-96-55-51-89(129(4,5)6)72-112(96)137(111(95)71-88)94-77-105(135-122(78-94)140-110-62-64-120-126(100-42-29-31-45-118(100)142-120)124(110)98-57-53-91(74-114(98)140)131(10,11)12)85-49-60-108-103(70-85)133-102-69-84(104-43-32-46-121(134-104)139-109-61-63-119-125(99-41-28-30-44-117(99)141-119)123(109)97-56-52-90(73-113(97)139)130(7,8)9)48-59-107(102)136(93-66-86(80-35-22-17-23-36-80)65-87(67-93)81-37-24-18-25-38-81)115-75-92(132(13,14)15)76-116(127(115)133)138(108)106-58-47-83(79-33-20-16-21-34-79)68-101(106)82-39-26-19-27-40-82/h16-78H,1-15H3. The first-order valence-electron chi connectivity index (χ1n) is 50.0. The Balaban J connectivity index is 0.788. The number of aromatic nitrogens is 5. The number of fused-ring (bicyclic) bond motifs is 21. The summed E-state index contributed by atoms with van der Waals surface area (Å²) < 4.78 is 21.0. The van der Waals surface area contributed by atoms with Gasteiger partial charge >= 0.3 is 0 Å². The van der Waals surface area contributed by atoms with Crippen LogP contribution < -0.4 is 26.2 Å². The molecular weight excluding hydrogens is 1730 g/mol. The SMILES string of the molecule is CC(C)(C)c1cc2c3c(c1)N(c1ccc(-c4ccccc4)cc1-c1ccccc1)c1ccc(-c4cc(-n5c6cc(C(C)(C)C)ccc6c6ccc(C(C)(C)C)cc65)cc(-n5c6cc(C(C)(C)C)ccc6c6c7c(ccc65)oc5ccccc57)n4)cc1B3c1cc(-c3cccc(-n4c5cc(C(C)(C)C)ccc5c5c6c(ccc54)oc4ccccc46)n3)ccc1N2c1cc(-c2ccccc2)cc(-c2ccccc2)c1. The van der Waals surface area contributed by atoms with Gasteiger partial charge in [0.25, 0.3) is 6.71 Å². The minimum atomic E-state index is -0.429. The van der Waals surface area contributed by atoms with E-state index in [0.29, 0.717) is 0 Å². The summed E-state index contributed by atoms with van der Waals surface area (Å²) in [7, 11) is 0. The Hall–Kier alpha value is -16.3. The highest BCUT2D eigenvalue weighted by molar-refractivity contribution is 7.00. The second-order valence-electron chi connectivity index (χ2n) is 44.5. The van der Waals surface area contributed by atoms with Crippen LogP contribution in [0.2, 0.25) is 0 Å². The van der Waals surface area contributed by atoms with Crippen molar-refractivity contribution in [3.8, 4) is 84.3 Å². The van der Waals surface area contributed by atoms with Crippen LogP contribution in [0.25, 0.3) is 194 Å². The Kier molecular flexibility index (Phi) is 19.2. The maximum Gasteiger partial charge on any atom is 0.252 e. The van der Waals surface area contributed by atoms with Crippen LogP contribution >= 0.6 is 0 Å². The predicted octanol–water partition coefficient (Wildman–Crippen LogP) is 34.1. The Labute approximate surface area is 828 Å². The smallest absolute Gasteiger partial charge is 0.252 e. The van der Waals surface area contributed by atoms with Gasteiger partial charge in [-0.05, 0) is 255 Å². The van der Waals surface area contributed by atoms with E-state index in [1.165, 1.54) is 44.1 Å². The average Bonchev–Trinajstić information content (AvgIpc) is 1.32. The van der Waals surface area contributed by atoms with E-state index < -0.39 is 6.71 Å². The van der Waals surface area contributed by atoms with Gasteiger partial charge in [0.1, 0.15) is 34.0 Å². The quantitative estimate of drug-likeness (QED) is 0.120. The van der Waals surface area contributed by atoms with E-state index in [9.17, 15) is 0 Å². The first-order chi connectivity index (χ1) is 68.5. The summed E-state index contributed by atoms with van der Waals surface area (Å²) >= 11 is 0. The Morgan fingerprint density at radius 1 is 0.218 bits per heavy atom. The summed E-state index contributed by atoms with van der Waals surface area (Å²) in [6, 6.07) is 144. The third kappa shape index (κ3) is 13.9. The molecule has 24 aromatic rings. The molecule has 0 fully saturated rings. The average molecular weight is 1840 g/mol. The first kappa shape index (κ1) is 86.1. The molecule has 0 unspecified atom stereocenters. The van der Waals surface area contributed by atoms with E-state index in [4.69, 9.17) is 18.8 Å². The summed E-state index contributed by atoms with van der Waals surface area (Å²) in [5, 5.41) is 11.3. The molecule has 0 radical (unpaired) electrons. The van der Waals surface area contributed by atoms with Crippen molar-refractivity contribution in [2.75, 3.05) is 9.80 Å². The molecule has 2 aliphatic rings. The van der Waals surface area contributed by atoms with Gasteiger partial charge in [-0.3, -0.25) is 9.13 Å². The van der Waals surface area contributed by atoms with Crippen molar-refractivity contribution in [2.45, 2.75) is 131 Å². The molecular formula is C132H108BN7O2. The molecule has 9 heterocycles. The zero-order valence-electron chi connectivity index (χ0n) is 82.9. The van der Waals surface area contributed by atoms with Gasteiger partial charge in [-0.1, -0.05) is 347 Å². The monoisotopic (exact) mass is 1830 g/mol. The van der Waals surface area contributed by atoms with Gasteiger partial charge in [0, 0.05) is 93.9 Å². The van der Waals surface area contributed by atoms with Crippen LogP contribution in [0.5, 0.6) is 0 Å². The highest BCUT2D eigenvalue weighted by atomic mass is 16.3. The number of para-hydroxylation sites is 2. The molecule has 686 valence electrons. The predicted molar refractivity (Wildman–Crippen MR) is 600 cm³/mol. The lowest BCUT2D eigenvalue weighted by molar-refractivity contribution is 0.590. The number of furan rings is 2. The van der Waals surface area contributed by atoms with Gasteiger partial charge in [-0.2, -0.15) is 0 Å².